The van der Waals surface area contributed by atoms with Gasteiger partial charge in [0.15, 0.2) is 0 Å². The van der Waals surface area contributed by atoms with E-state index in [1.54, 1.807) is 14.0 Å². The van der Waals surface area contributed by atoms with E-state index >= 15 is 0 Å². The third-order valence-electron chi connectivity index (χ3n) is 2.26. The maximum Gasteiger partial charge on any atom is 0.233 e. The number of aryl methyl sites for hydroxylation is 1. The van der Waals surface area contributed by atoms with Gasteiger partial charge in [-0.05, 0) is 6.42 Å². The molecule has 2 atom stereocenters. The molecular weight excluding hydrogens is 170 g/mol. The first-order valence-corrected chi connectivity index (χ1v) is 4.36. The first-order chi connectivity index (χ1) is 6.29. The van der Waals surface area contributed by atoms with Crippen molar-refractivity contribution in [1.29, 1.82) is 0 Å². The summed E-state index contributed by atoms with van der Waals surface area (Å²) < 4.78 is 10.5. The van der Waals surface area contributed by atoms with Gasteiger partial charge in [0.05, 0.1) is 12.1 Å². The molecule has 1 saturated heterocycles. The van der Waals surface area contributed by atoms with Crippen LogP contribution in [-0.4, -0.2) is 30.0 Å². The molecule has 1 aromatic rings. The summed E-state index contributed by atoms with van der Waals surface area (Å²) in [4.78, 5) is 0. The average molecular weight is 183 g/mol. The standard InChI is InChI=1S/C8H13N3O2/c1-5-10-11-8(13-5)7-3-6(12-2)4-9-7/h6-7,9H,3-4H2,1-2H3. The molecular formula is C8H13N3O2. The highest BCUT2D eigenvalue weighted by Gasteiger charge is 2.28. The highest BCUT2D eigenvalue weighted by molar-refractivity contribution is 4.95. The number of nitrogens with zero attached hydrogens (tertiary/aromatic N) is 2. The largest absolute Gasteiger partial charge is 0.424 e. The summed E-state index contributed by atoms with van der Waals surface area (Å²) >= 11 is 0. The molecule has 2 heterocycles. The lowest BCUT2D eigenvalue weighted by Gasteiger charge is -2.04. The van der Waals surface area contributed by atoms with E-state index < -0.39 is 0 Å². The molecule has 0 saturated carbocycles. The zero-order valence-corrected chi connectivity index (χ0v) is 7.78. The first-order valence-electron chi connectivity index (χ1n) is 4.36. The van der Waals surface area contributed by atoms with E-state index in [1.165, 1.54) is 0 Å². The Hall–Kier alpha value is -0.940. The highest BCUT2D eigenvalue weighted by Crippen LogP contribution is 2.23. The van der Waals surface area contributed by atoms with Crippen LogP contribution in [0.3, 0.4) is 0 Å². The fraction of sp³-hybridized carbons (Fsp3) is 0.750. The minimum Gasteiger partial charge on any atom is -0.424 e. The Balaban J connectivity index is 2.03. The molecule has 0 aliphatic carbocycles. The van der Waals surface area contributed by atoms with Crippen molar-refractivity contribution in [3.05, 3.63) is 11.8 Å². The van der Waals surface area contributed by atoms with Crippen LogP contribution < -0.4 is 5.32 Å². The van der Waals surface area contributed by atoms with E-state index in [2.05, 4.69) is 15.5 Å². The highest BCUT2D eigenvalue weighted by atomic mass is 16.5. The molecule has 0 radical (unpaired) electrons. The summed E-state index contributed by atoms with van der Waals surface area (Å²) in [6.07, 6.45) is 1.16. The fourth-order valence-corrected chi connectivity index (χ4v) is 1.52. The van der Waals surface area contributed by atoms with Crippen LogP contribution in [-0.2, 0) is 4.74 Å². The summed E-state index contributed by atoms with van der Waals surface area (Å²) in [5.41, 5.74) is 0. The predicted octanol–water partition coefficient (Wildman–Crippen LogP) is 0.427. The van der Waals surface area contributed by atoms with Crippen molar-refractivity contribution in [2.24, 2.45) is 0 Å². The van der Waals surface area contributed by atoms with Crippen LogP contribution in [0.5, 0.6) is 0 Å². The number of rotatable bonds is 2. The maximum atomic E-state index is 5.32. The fourth-order valence-electron chi connectivity index (χ4n) is 1.52. The van der Waals surface area contributed by atoms with Gasteiger partial charge in [-0.2, -0.15) is 0 Å². The molecule has 0 amide bonds. The van der Waals surface area contributed by atoms with E-state index in [1.807, 2.05) is 0 Å². The van der Waals surface area contributed by atoms with Gasteiger partial charge < -0.3 is 14.5 Å². The molecule has 2 rings (SSSR count). The summed E-state index contributed by atoms with van der Waals surface area (Å²) in [6.45, 7) is 2.64. The topological polar surface area (TPSA) is 60.2 Å². The Labute approximate surface area is 76.5 Å². The van der Waals surface area contributed by atoms with E-state index in [9.17, 15) is 0 Å². The molecule has 2 unspecified atom stereocenters. The zero-order valence-electron chi connectivity index (χ0n) is 7.78. The second-order valence-electron chi connectivity index (χ2n) is 3.21. The smallest absolute Gasteiger partial charge is 0.233 e. The lowest BCUT2D eigenvalue weighted by Crippen LogP contribution is -2.16. The summed E-state index contributed by atoms with van der Waals surface area (Å²) in [7, 11) is 1.72. The lowest BCUT2D eigenvalue weighted by molar-refractivity contribution is 0.116. The zero-order chi connectivity index (χ0) is 9.26. The van der Waals surface area contributed by atoms with Crippen LogP contribution in [0.2, 0.25) is 0 Å². The molecule has 1 aromatic heterocycles. The number of ether oxygens (including phenoxy) is 1. The minimum atomic E-state index is 0.158. The van der Waals surface area contributed by atoms with Crippen molar-refractivity contribution in [3.63, 3.8) is 0 Å². The van der Waals surface area contributed by atoms with E-state index in [0.717, 1.165) is 13.0 Å². The Morgan fingerprint density at radius 3 is 2.92 bits per heavy atom. The van der Waals surface area contributed by atoms with Crippen molar-refractivity contribution < 1.29 is 9.15 Å². The lowest BCUT2D eigenvalue weighted by atomic mass is 10.2. The predicted molar refractivity (Wildman–Crippen MR) is 45.2 cm³/mol. The second-order valence-corrected chi connectivity index (χ2v) is 3.21. The average Bonchev–Trinajstić information content (AvgIpc) is 2.71. The van der Waals surface area contributed by atoms with Crippen LogP contribution in [0.15, 0.2) is 4.42 Å². The number of aromatic nitrogens is 2. The molecule has 1 fully saturated rings. The molecule has 5 nitrogen and oxygen atoms in total. The van der Waals surface area contributed by atoms with Crippen molar-refractivity contribution in [2.45, 2.75) is 25.5 Å². The number of methoxy groups -OCH3 is 1. The van der Waals surface area contributed by atoms with Crippen LogP contribution in [0.4, 0.5) is 0 Å². The van der Waals surface area contributed by atoms with Crippen LogP contribution in [0.25, 0.3) is 0 Å². The van der Waals surface area contributed by atoms with E-state index in [-0.39, 0.29) is 12.1 Å². The van der Waals surface area contributed by atoms with Crippen LogP contribution in [0.1, 0.15) is 24.2 Å². The summed E-state index contributed by atoms with van der Waals surface area (Å²) in [5, 5.41) is 11.0. The SMILES string of the molecule is COC1CNC(c2nnc(C)o2)C1. The Morgan fingerprint density at radius 2 is 2.38 bits per heavy atom. The monoisotopic (exact) mass is 183 g/mol. The van der Waals surface area contributed by atoms with Gasteiger partial charge in [-0.1, -0.05) is 0 Å². The first kappa shape index (κ1) is 8.65. The molecule has 5 heteroatoms. The molecule has 1 aliphatic rings. The van der Waals surface area contributed by atoms with Gasteiger partial charge in [0.1, 0.15) is 0 Å². The van der Waals surface area contributed by atoms with Crippen molar-refractivity contribution in [3.8, 4) is 0 Å². The maximum absolute atomic E-state index is 5.32. The van der Waals surface area contributed by atoms with Crippen molar-refractivity contribution >= 4 is 0 Å². The second kappa shape index (κ2) is 3.43. The van der Waals surface area contributed by atoms with E-state index in [4.69, 9.17) is 9.15 Å². The minimum absolute atomic E-state index is 0.158. The Bertz CT molecular complexity index is 287. The van der Waals surface area contributed by atoms with Gasteiger partial charge in [-0.3, -0.25) is 0 Å². The number of nitrogens with one attached hydrogen (secondary N) is 1. The molecule has 72 valence electrons. The van der Waals surface area contributed by atoms with Crippen molar-refractivity contribution in [2.75, 3.05) is 13.7 Å². The summed E-state index contributed by atoms with van der Waals surface area (Å²) in [5.74, 6) is 1.27. The van der Waals surface area contributed by atoms with Crippen LogP contribution in [0, 0.1) is 6.92 Å². The molecule has 0 spiro atoms. The van der Waals surface area contributed by atoms with Gasteiger partial charge in [-0.25, -0.2) is 0 Å². The Kier molecular flexibility index (Phi) is 2.28. The quantitative estimate of drug-likeness (QED) is 0.720. The molecule has 0 aromatic carbocycles. The van der Waals surface area contributed by atoms with Gasteiger partial charge in [0.2, 0.25) is 11.8 Å². The molecule has 1 aliphatic heterocycles. The van der Waals surface area contributed by atoms with Gasteiger partial charge in [0, 0.05) is 20.6 Å². The van der Waals surface area contributed by atoms with E-state index in [0.29, 0.717) is 11.8 Å². The summed E-state index contributed by atoms with van der Waals surface area (Å²) in [6, 6.07) is 0.158. The third kappa shape index (κ3) is 1.71. The molecule has 13 heavy (non-hydrogen) atoms. The Morgan fingerprint density at radius 1 is 1.54 bits per heavy atom. The normalized spacial score (nSPS) is 28.2. The molecule has 1 N–H and O–H groups in total. The van der Waals surface area contributed by atoms with Gasteiger partial charge in [-0.15, -0.1) is 10.2 Å². The van der Waals surface area contributed by atoms with Crippen LogP contribution >= 0.6 is 0 Å². The third-order valence-corrected chi connectivity index (χ3v) is 2.26. The molecule has 0 bridgehead atoms. The number of hydrogen-bond donors (Lipinski definition) is 1. The number of hydrogen-bond acceptors (Lipinski definition) is 5. The van der Waals surface area contributed by atoms with Crippen molar-refractivity contribution in [1.82, 2.24) is 15.5 Å². The van der Waals surface area contributed by atoms with Gasteiger partial charge >= 0.3 is 0 Å². The van der Waals surface area contributed by atoms with Gasteiger partial charge in [0.25, 0.3) is 0 Å².